The summed E-state index contributed by atoms with van der Waals surface area (Å²) >= 11 is 6.24. The zero-order valence-corrected chi connectivity index (χ0v) is 12.7. The van der Waals surface area contributed by atoms with E-state index >= 15 is 0 Å². The number of rotatable bonds is 3. The first kappa shape index (κ1) is 14.6. The standard InChI is InChI=1S/C15H23ClN2O/c1-11(19)14-5-4-13(10-15(14)16)18(3)12-6-8-17(2)9-7-12/h4-5,10-12,19H,6-9H2,1-3H3. The van der Waals surface area contributed by atoms with Crippen molar-refractivity contribution >= 4 is 17.3 Å². The van der Waals surface area contributed by atoms with Gasteiger partial charge in [-0.2, -0.15) is 0 Å². The van der Waals surface area contributed by atoms with Crippen molar-refractivity contribution in [3.05, 3.63) is 28.8 Å². The minimum Gasteiger partial charge on any atom is -0.389 e. The van der Waals surface area contributed by atoms with Gasteiger partial charge in [-0.3, -0.25) is 0 Å². The Kier molecular flexibility index (Phi) is 4.71. The molecule has 1 aliphatic heterocycles. The van der Waals surface area contributed by atoms with E-state index in [2.05, 4.69) is 23.9 Å². The SMILES string of the molecule is CC(O)c1ccc(N(C)C2CCN(C)CC2)cc1Cl. The molecule has 0 saturated carbocycles. The first-order valence-corrected chi connectivity index (χ1v) is 7.25. The highest BCUT2D eigenvalue weighted by atomic mass is 35.5. The molecule has 2 rings (SSSR count). The van der Waals surface area contributed by atoms with Crippen LogP contribution in [0.15, 0.2) is 18.2 Å². The molecule has 1 aromatic rings. The predicted molar refractivity (Wildman–Crippen MR) is 81.0 cm³/mol. The second-order valence-corrected chi connectivity index (χ2v) is 5.93. The van der Waals surface area contributed by atoms with Crippen molar-refractivity contribution in [2.45, 2.75) is 31.9 Å². The summed E-state index contributed by atoms with van der Waals surface area (Å²) < 4.78 is 0. The Labute approximate surface area is 120 Å². The van der Waals surface area contributed by atoms with E-state index in [0.29, 0.717) is 11.1 Å². The van der Waals surface area contributed by atoms with Gasteiger partial charge in [0.15, 0.2) is 0 Å². The van der Waals surface area contributed by atoms with Crippen LogP contribution in [0.1, 0.15) is 31.4 Å². The molecule has 0 bridgehead atoms. The smallest absolute Gasteiger partial charge is 0.0776 e. The summed E-state index contributed by atoms with van der Waals surface area (Å²) in [4.78, 5) is 4.68. The fourth-order valence-electron chi connectivity index (χ4n) is 2.67. The number of piperidine rings is 1. The molecule has 19 heavy (non-hydrogen) atoms. The molecule has 0 radical (unpaired) electrons. The normalized spacial score (nSPS) is 19.4. The van der Waals surface area contributed by atoms with E-state index in [4.69, 9.17) is 11.6 Å². The average molecular weight is 283 g/mol. The second-order valence-electron chi connectivity index (χ2n) is 5.53. The third-order valence-electron chi connectivity index (χ3n) is 4.08. The highest BCUT2D eigenvalue weighted by Crippen LogP contribution is 2.29. The number of aliphatic hydroxyl groups is 1. The molecule has 0 aliphatic carbocycles. The van der Waals surface area contributed by atoms with Crippen LogP contribution in [0, 0.1) is 0 Å². The third kappa shape index (κ3) is 3.41. The molecule has 1 unspecified atom stereocenters. The maximum Gasteiger partial charge on any atom is 0.0776 e. The summed E-state index contributed by atoms with van der Waals surface area (Å²) in [6, 6.07) is 6.51. The quantitative estimate of drug-likeness (QED) is 0.923. The van der Waals surface area contributed by atoms with Crippen LogP contribution in [0.2, 0.25) is 5.02 Å². The summed E-state index contributed by atoms with van der Waals surface area (Å²) in [6.45, 7) is 4.03. The van der Waals surface area contributed by atoms with E-state index in [0.717, 1.165) is 24.3 Å². The Morgan fingerprint density at radius 2 is 2.00 bits per heavy atom. The Hall–Kier alpha value is -0.770. The number of likely N-dealkylation sites (tertiary alicyclic amines) is 1. The summed E-state index contributed by atoms with van der Waals surface area (Å²) in [5.74, 6) is 0. The van der Waals surface area contributed by atoms with Crippen LogP contribution in [-0.2, 0) is 0 Å². The molecular formula is C15H23ClN2O. The summed E-state index contributed by atoms with van der Waals surface area (Å²) in [5, 5.41) is 10.3. The molecule has 0 spiro atoms. The summed E-state index contributed by atoms with van der Waals surface area (Å²) in [5.41, 5.74) is 1.92. The molecule has 0 amide bonds. The molecule has 1 saturated heterocycles. The van der Waals surface area contributed by atoms with E-state index in [-0.39, 0.29) is 0 Å². The van der Waals surface area contributed by atoms with Crippen molar-refractivity contribution in [1.82, 2.24) is 4.90 Å². The topological polar surface area (TPSA) is 26.7 Å². The average Bonchev–Trinajstić information content (AvgIpc) is 2.38. The van der Waals surface area contributed by atoms with Gasteiger partial charge in [-0.15, -0.1) is 0 Å². The number of aliphatic hydroxyl groups excluding tert-OH is 1. The van der Waals surface area contributed by atoms with Crippen molar-refractivity contribution in [2.24, 2.45) is 0 Å². The molecule has 1 aromatic carbocycles. The monoisotopic (exact) mass is 282 g/mol. The van der Waals surface area contributed by atoms with Crippen LogP contribution < -0.4 is 4.90 Å². The van der Waals surface area contributed by atoms with Crippen LogP contribution in [0.4, 0.5) is 5.69 Å². The van der Waals surface area contributed by atoms with Crippen molar-refractivity contribution in [1.29, 1.82) is 0 Å². The van der Waals surface area contributed by atoms with Gasteiger partial charge in [0.25, 0.3) is 0 Å². The lowest BCUT2D eigenvalue weighted by Gasteiger charge is -2.36. The van der Waals surface area contributed by atoms with Crippen LogP contribution in [0.3, 0.4) is 0 Å². The second kappa shape index (κ2) is 6.12. The number of halogens is 1. The Morgan fingerprint density at radius 1 is 1.37 bits per heavy atom. The van der Waals surface area contributed by atoms with E-state index < -0.39 is 6.10 Å². The molecular weight excluding hydrogens is 260 g/mol. The van der Waals surface area contributed by atoms with E-state index in [1.807, 2.05) is 18.2 Å². The van der Waals surface area contributed by atoms with Crippen LogP contribution in [0.25, 0.3) is 0 Å². The molecule has 1 heterocycles. The molecule has 106 valence electrons. The zero-order valence-electron chi connectivity index (χ0n) is 11.9. The van der Waals surface area contributed by atoms with Gasteiger partial charge < -0.3 is 14.9 Å². The maximum atomic E-state index is 9.61. The zero-order chi connectivity index (χ0) is 14.0. The summed E-state index contributed by atoms with van der Waals surface area (Å²) in [6.07, 6.45) is 1.85. The lowest BCUT2D eigenvalue weighted by Crippen LogP contribution is -2.42. The van der Waals surface area contributed by atoms with Crippen LogP contribution in [-0.4, -0.2) is 43.2 Å². The van der Waals surface area contributed by atoms with Gasteiger partial charge in [0.2, 0.25) is 0 Å². The van der Waals surface area contributed by atoms with Crippen molar-refractivity contribution in [3.8, 4) is 0 Å². The van der Waals surface area contributed by atoms with Crippen molar-refractivity contribution < 1.29 is 5.11 Å². The number of anilines is 1. The first-order chi connectivity index (χ1) is 8.99. The van der Waals surface area contributed by atoms with Crippen LogP contribution in [0.5, 0.6) is 0 Å². The number of benzene rings is 1. The fraction of sp³-hybridized carbons (Fsp3) is 0.600. The van der Waals surface area contributed by atoms with E-state index in [1.165, 1.54) is 12.8 Å². The minimum absolute atomic E-state index is 0.518. The molecule has 3 nitrogen and oxygen atoms in total. The number of hydrogen-bond acceptors (Lipinski definition) is 3. The van der Waals surface area contributed by atoms with Gasteiger partial charge in [-0.25, -0.2) is 0 Å². The first-order valence-electron chi connectivity index (χ1n) is 6.88. The van der Waals surface area contributed by atoms with Gasteiger partial charge >= 0.3 is 0 Å². The van der Waals surface area contributed by atoms with Crippen molar-refractivity contribution in [2.75, 3.05) is 32.1 Å². The maximum absolute atomic E-state index is 9.61. The van der Waals surface area contributed by atoms with E-state index in [9.17, 15) is 5.11 Å². The van der Waals surface area contributed by atoms with Gasteiger partial charge in [-0.05, 0) is 57.6 Å². The number of nitrogens with zero attached hydrogens (tertiary/aromatic N) is 2. The highest BCUT2D eigenvalue weighted by Gasteiger charge is 2.21. The van der Waals surface area contributed by atoms with Gasteiger partial charge in [0.05, 0.1) is 6.10 Å². The third-order valence-corrected chi connectivity index (χ3v) is 4.40. The van der Waals surface area contributed by atoms with Gasteiger partial charge in [0, 0.05) is 23.8 Å². The Bertz CT molecular complexity index is 428. The molecule has 1 fully saturated rings. The lowest BCUT2D eigenvalue weighted by atomic mass is 10.0. The van der Waals surface area contributed by atoms with E-state index in [1.54, 1.807) is 6.92 Å². The van der Waals surface area contributed by atoms with Crippen LogP contribution >= 0.6 is 11.6 Å². The molecule has 1 aliphatic rings. The summed E-state index contributed by atoms with van der Waals surface area (Å²) in [7, 11) is 4.30. The minimum atomic E-state index is -0.518. The molecule has 0 aromatic heterocycles. The molecule has 1 atom stereocenters. The Morgan fingerprint density at radius 3 is 2.53 bits per heavy atom. The molecule has 1 N–H and O–H groups in total. The van der Waals surface area contributed by atoms with Crippen molar-refractivity contribution in [3.63, 3.8) is 0 Å². The fourth-order valence-corrected chi connectivity index (χ4v) is 3.00. The lowest BCUT2D eigenvalue weighted by molar-refractivity contribution is 0.199. The molecule has 4 heteroatoms. The predicted octanol–water partition coefficient (Wildman–Crippen LogP) is 2.92. The van der Waals surface area contributed by atoms with Gasteiger partial charge in [0.1, 0.15) is 0 Å². The number of hydrogen-bond donors (Lipinski definition) is 1. The largest absolute Gasteiger partial charge is 0.389 e. The highest BCUT2D eigenvalue weighted by molar-refractivity contribution is 6.31. The Balaban J connectivity index is 2.11. The van der Waals surface area contributed by atoms with Gasteiger partial charge in [-0.1, -0.05) is 17.7 Å².